The minimum atomic E-state index is -4.55. The van der Waals surface area contributed by atoms with Crippen LogP contribution in [0.2, 0.25) is 0 Å². The van der Waals surface area contributed by atoms with Gasteiger partial charge in [0.1, 0.15) is 11.5 Å². The molecule has 5 rings (SSSR count). The van der Waals surface area contributed by atoms with Gasteiger partial charge in [-0.2, -0.15) is 31.4 Å². The lowest BCUT2D eigenvalue weighted by atomic mass is 9.95. The molecule has 14 heteroatoms. The Hall–Kier alpha value is -4.46. The highest BCUT2D eigenvalue weighted by Crippen LogP contribution is 2.35. The molecular weight excluding hydrogens is 564 g/mol. The zero-order valence-corrected chi connectivity index (χ0v) is 22.2. The van der Waals surface area contributed by atoms with Crippen LogP contribution in [0.15, 0.2) is 60.9 Å². The van der Waals surface area contributed by atoms with E-state index in [-0.39, 0.29) is 25.3 Å². The van der Waals surface area contributed by atoms with E-state index in [1.54, 1.807) is 36.1 Å². The van der Waals surface area contributed by atoms with E-state index in [4.69, 9.17) is 5.73 Å². The number of nitrogens with one attached hydrogen (secondary N) is 1. The Morgan fingerprint density at radius 1 is 1.00 bits per heavy atom. The van der Waals surface area contributed by atoms with Crippen molar-refractivity contribution in [1.29, 1.82) is 0 Å². The Bertz CT molecular complexity index is 1600. The predicted octanol–water partition coefficient (Wildman–Crippen LogP) is 5.35. The van der Waals surface area contributed by atoms with Crippen LogP contribution in [0.4, 0.5) is 32.2 Å². The monoisotopic (exact) mass is 589 g/mol. The van der Waals surface area contributed by atoms with Gasteiger partial charge in [0.15, 0.2) is 5.69 Å². The molecule has 0 spiro atoms. The average molecular weight is 590 g/mol. The second kappa shape index (κ2) is 11.1. The molecule has 1 atom stereocenters. The van der Waals surface area contributed by atoms with Gasteiger partial charge in [-0.15, -0.1) is 0 Å². The van der Waals surface area contributed by atoms with Gasteiger partial charge in [0.05, 0.1) is 42.8 Å². The molecule has 0 bridgehead atoms. The molecule has 0 fully saturated rings. The summed E-state index contributed by atoms with van der Waals surface area (Å²) in [7, 11) is 0. The number of halogens is 6. The van der Waals surface area contributed by atoms with Crippen LogP contribution in [-0.2, 0) is 32.0 Å². The van der Waals surface area contributed by atoms with E-state index >= 15 is 0 Å². The number of hydrogen-bond donors (Lipinski definition) is 2. The first-order chi connectivity index (χ1) is 19.8. The summed E-state index contributed by atoms with van der Waals surface area (Å²) in [6, 6.07) is 10.7. The third-order valence-corrected chi connectivity index (χ3v) is 6.99. The molecule has 3 N–H and O–H groups in total. The topological polar surface area (TPSA) is 102 Å². The molecule has 3 heterocycles. The van der Waals surface area contributed by atoms with Gasteiger partial charge >= 0.3 is 12.4 Å². The summed E-state index contributed by atoms with van der Waals surface area (Å²) < 4.78 is 80.2. The maximum absolute atomic E-state index is 13.3. The molecule has 0 saturated heterocycles. The zero-order chi connectivity index (χ0) is 30.2. The van der Waals surface area contributed by atoms with Crippen LogP contribution in [-0.4, -0.2) is 32.2 Å². The second-order valence-corrected chi connectivity index (χ2v) is 9.82. The number of carbonyl (C=O) groups excluding carboxylic acids is 1. The lowest BCUT2D eigenvalue weighted by Gasteiger charge is -2.28. The van der Waals surface area contributed by atoms with Crippen molar-refractivity contribution in [3.63, 3.8) is 0 Å². The van der Waals surface area contributed by atoms with E-state index in [9.17, 15) is 31.1 Å². The first-order valence-electron chi connectivity index (χ1n) is 12.9. The molecule has 0 unspecified atom stereocenters. The summed E-state index contributed by atoms with van der Waals surface area (Å²) in [5.41, 5.74) is 6.57. The normalized spacial score (nSPS) is 14.4. The third kappa shape index (κ3) is 6.08. The number of aromatic nitrogens is 4. The minimum Gasteiger partial charge on any atom is -0.348 e. The number of alkyl halides is 6. The Morgan fingerprint density at radius 3 is 2.40 bits per heavy atom. The van der Waals surface area contributed by atoms with Gasteiger partial charge in [-0.3, -0.25) is 14.5 Å². The van der Waals surface area contributed by atoms with Gasteiger partial charge in [-0.1, -0.05) is 30.3 Å². The maximum atomic E-state index is 13.3. The molecule has 0 saturated carbocycles. The van der Waals surface area contributed by atoms with Crippen LogP contribution in [0, 0.1) is 0 Å². The summed E-state index contributed by atoms with van der Waals surface area (Å²) in [4.78, 5) is 23.2. The van der Waals surface area contributed by atoms with E-state index < -0.39 is 35.6 Å². The molecule has 1 aliphatic heterocycles. The number of nitrogens with zero attached hydrogens (tertiary/aromatic N) is 5. The average Bonchev–Trinajstić information content (AvgIpc) is 3.41. The summed E-state index contributed by atoms with van der Waals surface area (Å²) in [5.74, 6) is -0.192. The quantitative estimate of drug-likeness (QED) is 0.294. The van der Waals surface area contributed by atoms with E-state index in [1.165, 1.54) is 23.1 Å². The van der Waals surface area contributed by atoms with Crippen molar-refractivity contribution < 1.29 is 31.1 Å². The van der Waals surface area contributed by atoms with Gasteiger partial charge in [-0.25, -0.2) is 4.98 Å². The summed E-state index contributed by atoms with van der Waals surface area (Å²) >= 11 is 0. The van der Waals surface area contributed by atoms with Crippen molar-refractivity contribution in [3.05, 3.63) is 94.7 Å². The fourth-order valence-corrected chi connectivity index (χ4v) is 4.72. The van der Waals surface area contributed by atoms with Crippen molar-refractivity contribution in [2.75, 3.05) is 11.4 Å². The van der Waals surface area contributed by atoms with E-state index in [1.807, 2.05) is 0 Å². The largest absolute Gasteiger partial charge is 0.435 e. The fourth-order valence-electron chi connectivity index (χ4n) is 4.72. The lowest BCUT2D eigenvalue weighted by Crippen LogP contribution is -2.35. The molecule has 2 aromatic heterocycles. The molecule has 1 aliphatic rings. The first-order valence-corrected chi connectivity index (χ1v) is 12.9. The molecule has 8 nitrogen and oxygen atoms in total. The van der Waals surface area contributed by atoms with Crippen molar-refractivity contribution in [2.24, 2.45) is 5.73 Å². The smallest absolute Gasteiger partial charge is 0.348 e. The standard InChI is InChI=1S/C28H25F6N7O/c1-16(17-2-4-18(5-3-17)22-10-20(27(29,30)31)7-6-19(22)12-35)37-26(42)23-13-36-14-25(38-23)40-8-9-41-21(15-40)11-24(39-41)28(32,33)34/h2-7,10-11,13-14,16H,8-9,12,15,35H2,1H3,(H,37,42)/t16-/m1/s1. The molecule has 0 radical (unpaired) electrons. The number of anilines is 1. The molecule has 0 aliphatic carbocycles. The Labute approximate surface area is 236 Å². The Morgan fingerprint density at radius 2 is 1.74 bits per heavy atom. The van der Waals surface area contributed by atoms with E-state index in [0.717, 1.165) is 18.2 Å². The molecule has 42 heavy (non-hydrogen) atoms. The molecule has 220 valence electrons. The number of amides is 1. The van der Waals surface area contributed by atoms with Crippen molar-refractivity contribution in [1.82, 2.24) is 25.1 Å². The number of nitrogens with two attached hydrogens (primary N) is 1. The van der Waals surface area contributed by atoms with Crippen molar-refractivity contribution in [2.45, 2.75) is 45.0 Å². The van der Waals surface area contributed by atoms with Gasteiger partial charge in [0, 0.05) is 13.1 Å². The first kappa shape index (κ1) is 29.0. The van der Waals surface area contributed by atoms with Gasteiger partial charge in [0.25, 0.3) is 5.91 Å². The SMILES string of the molecule is C[C@@H](NC(=O)c1cncc(N2CCn3nc(C(F)(F)F)cc3C2)n1)c1ccc(-c2cc(C(F)(F)F)ccc2CN)cc1. The van der Waals surface area contributed by atoms with Crippen LogP contribution in [0.5, 0.6) is 0 Å². The highest BCUT2D eigenvalue weighted by Gasteiger charge is 2.36. The van der Waals surface area contributed by atoms with Crippen LogP contribution < -0.4 is 16.0 Å². The van der Waals surface area contributed by atoms with Crippen LogP contribution in [0.1, 0.15) is 51.5 Å². The highest BCUT2D eigenvalue weighted by atomic mass is 19.4. The Kier molecular flexibility index (Phi) is 7.66. The third-order valence-electron chi connectivity index (χ3n) is 6.99. The fraction of sp³-hybridized carbons (Fsp3) is 0.286. The molecule has 1 amide bonds. The molecule has 2 aromatic carbocycles. The van der Waals surface area contributed by atoms with Crippen molar-refractivity contribution >= 4 is 11.7 Å². The summed E-state index contributed by atoms with van der Waals surface area (Å²) in [6.45, 7) is 2.46. The lowest BCUT2D eigenvalue weighted by molar-refractivity contribution is -0.141. The predicted molar refractivity (Wildman–Crippen MR) is 141 cm³/mol. The number of rotatable bonds is 6. The number of hydrogen-bond acceptors (Lipinski definition) is 6. The van der Waals surface area contributed by atoms with Gasteiger partial charge in [0.2, 0.25) is 0 Å². The Balaban J connectivity index is 1.28. The second-order valence-electron chi connectivity index (χ2n) is 9.82. The van der Waals surface area contributed by atoms with Crippen LogP contribution >= 0.6 is 0 Å². The zero-order valence-electron chi connectivity index (χ0n) is 22.2. The summed E-state index contributed by atoms with van der Waals surface area (Å²) in [6.07, 6.45) is -6.32. The number of carbonyl (C=O) groups is 1. The van der Waals surface area contributed by atoms with Gasteiger partial charge < -0.3 is 16.0 Å². The number of fused-ring (bicyclic) bond motifs is 1. The number of benzene rings is 2. The maximum Gasteiger partial charge on any atom is 0.435 e. The van der Waals surface area contributed by atoms with E-state index in [0.29, 0.717) is 40.3 Å². The van der Waals surface area contributed by atoms with Crippen LogP contribution in [0.3, 0.4) is 0 Å². The van der Waals surface area contributed by atoms with Crippen LogP contribution in [0.25, 0.3) is 11.1 Å². The molecule has 4 aromatic rings. The highest BCUT2D eigenvalue weighted by molar-refractivity contribution is 5.92. The molecular formula is C28H25F6N7O. The van der Waals surface area contributed by atoms with E-state index in [2.05, 4.69) is 20.4 Å². The van der Waals surface area contributed by atoms with Crippen molar-refractivity contribution in [3.8, 4) is 11.1 Å². The summed E-state index contributed by atoms with van der Waals surface area (Å²) in [5, 5.41) is 6.44. The minimum absolute atomic E-state index is 0.0163. The van der Waals surface area contributed by atoms with Gasteiger partial charge in [-0.05, 0) is 47.4 Å².